The molecule has 2 rings (SSSR count). The normalized spacial score (nSPS) is 11.8. The number of aliphatic imine (C=N–C) groups is 1. The summed E-state index contributed by atoms with van der Waals surface area (Å²) in [6.45, 7) is 6.98. The molecule has 0 aliphatic rings. The summed E-state index contributed by atoms with van der Waals surface area (Å²) in [6, 6.07) is 13.7. The Hall–Kier alpha value is -1.85. The van der Waals surface area contributed by atoms with E-state index in [0.29, 0.717) is 12.5 Å². The average Bonchev–Trinajstić information content (AvgIpc) is 2.71. The average molecular weight is 575 g/mol. The number of halogens is 1. The first-order chi connectivity index (χ1) is 14.7. The number of hydrogen-bond acceptors (Lipinski definition) is 4. The van der Waals surface area contributed by atoms with Crippen molar-refractivity contribution in [2.45, 2.75) is 45.5 Å². The molecular weight excluding hydrogens is 539 g/mol. The molecule has 3 N–H and O–H groups in total. The zero-order valence-corrected chi connectivity index (χ0v) is 22.6. The molecule has 0 radical (unpaired) electrons. The third-order valence-electron chi connectivity index (χ3n) is 4.66. The molecule has 0 spiro atoms. The monoisotopic (exact) mass is 574 g/mol. The predicted octanol–water partition coefficient (Wildman–Crippen LogP) is 3.36. The first kappa shape index (κ1) is 28.2. The van der Waals surface area contributed by atoms with Crippen molar-refractivity contribution in [2.75, 3.05) is 20.7 Å². The Kier molecular flexibility index (Phi) is 12.0. The molecule has 0 saturated heterocycles. The van der Waals surface area contributed by atoms with Crippen LogP contribution in [0.3, 0.4) is 0 Å². The van der Waals surface area contributed by atoms with E-state index in [1.165, 1.54) is 5.56 Å². The Bertz CT molecular complexity index is 977. The van der Waals surface area contributed by atoms with Gasteiger partial charge in [-0.25, -0.2) is 13.1 Å². The smallest absolute Gasteiger partial charge is 0.216 e. The summed E-state index contributed by atoms with van der Waals surface area (Å²) in [6.07, 6.45) is 0.852. The molecule has 0 aliphatic carbocycles. The third kappa shape index (κ3) is 9.74. The van der Waals surface area contributed by atoms with Gasteiger partial charge in [-0.2, -0.15) is 0 Å². The number of benzene rings is 2. The molecule has 0 aromatic heterocycles. The summed E-state index contributed by atoms with van der Waals surface area (Å²) in [5.74, 6) is 1.59. The van der Waals surface area contributed by atoms with Gasteiger partial charge in [0.25, 0.3) is 0 Å². The second-order valence-corrected chi connectivity index (χ2v) is 9.51. The zero-order valence-electron chi connectivity index (χ0n) is 19.4. The summed E-state index contributed by atoms with van der Waals surface area (Å²) in [5, 5.41) is 6.59. The molecule has 0 amide bonds. The van der Waals surface area contributed by atoms with Crippen molar-refractivity contribution in [3.05, 3.63) is 64.7 Å². The molecule has 9 heteroatoms. The van der Waals surface area contributed by atoms with E-state index in [2.05, 4.69) is 38.5 Å². The van der Waals surface area contributed by atoms with E-state index in [-0.39, 0.29) is 35.8 Å². The number of ether oxygens (including phenoxy) is 1. The highest BCUT2D eigenvalue weighted by Crippen LogP contribution is 2.19. The lowest BCUT2D eigenvalue weighted by Crippen LogP contribution is -2.37. The lowest BCUT2D eigenvalue weighted by Gasteiger charge is -2.13. The van der Waals surface area contributed by atoms with Crippen molar-refractivity contribution in [1.82, 2.24) is 15.4 Å². The second kappa shape index (κ2) is 13.6. The van der Waals surface area contributed by atoms with Gasteiger partial charge in [0.2, 0.25) is 10.0 Å². The van der Waals surface area contributed by atoms with Crippen LogP contribution in [0.25, 0.3) is 0 Å². The van der Waals surface area contributed by atoms with Crippen LogP contribution < -0.4 is 20.1 Å². The van der Waals surface area contributed by atoms with E-state index in [4.69, 9.17) is 4.74 Å². The number of nitrogens with one attached hydrogen (secondary N) is 3. The Morgan fingerprint density at radius 3 is 2.25 bits per heavy atom. The van der Waals surface area contributed by atoms with Gasteiger partial charge in [0.05, 0.1) is 12.9 Å². The fraction of sp³-hybridized carbons (Fsp3) is 0.435. The molecule has 0 unspecified atom stereocenters. The van der Waals surface area contributed by atoms with Crippen molar-refractivity contribution in [1.29, 1.82) is 0 Å². The lowest BCUT2D eigenvalue weighted by atomic mass is 10.1. The number of hydrogen-bond donors (Lipinski definition) is 3. The molecule has 0 atom stereocenters. The number of aryl methyl sites for hydroxylation is 1. The van der Waals surface area contributed by atoms with Crippen molar-refractivity contribution in [3.63, 3.8) is 0 Å². The van der Waals surface area contributed by atoms with Gasteiger partial charge < -0.3 is 15.4 Å². The van der Waals surface area contributed by atoms with Crippen LogP contribution in [0.1, 0.15) is 36.1 Å². The van der Waals surface area contributed by atoms with Gasteiger partial charge in [-0.05, 0) is 55.5 Å². The Morgan fingerprint density at radius 1 is 1.03 bits per heavy atom. The molecule has 178 valence electrons. The van der Waals surface area contributed by atoms with Gasteiger partial charge in [0.1, 0.15) is 5.75 Å². The number of nitrogens with zero attached hydrogens (tertiary/aromatic N) is 1. The second-order valence-electron chi connectivity index (χ2n) is 7.75. The van der Waals surface area contributed by atoms with Crippen molar-refractivity contribution >= 4 is 40.0 Å². The quantitative estimate of drug-likeness (QED) is 0.230. The van der Waals surface area contributed by atoms with Crippen LogP contribution in [0, 0.1) is 6.92 Å². The molecular formula is C23H35IN4O3S. The van der Waals surface area contributed by atoms with Gasteiger partial charge >= 0.3 is 0 Å². The molecule has 0 aliphatic heterocycles. The highest BCUT2D eigenvalue weighted by Gasteiger charge is 2.12. The maximum Gasteiger partial charge on any atom is 0.216 e. The van der Waals surface area contributed by atoms with E-state index in [9.17, 15) is 8.42 Å². The fourth-order valence-electron chi connectivity index (χ4n) is 3.13. The SMILES string of the molecule is CN=C(NCCc1ccc(C)c(OC)c1)NCc1ccc(CS(=O)(=O)NC(C)C)cc1.I. The number of guanidine groups is 1. The highest BCUT2D eigenvalue weighted by molar-refractivity contribution is 14.0. The molecule has 0 heterocycles. The van der Waals surface area contributed by atoms with E-state index >= 15 is 0 Å². The summed E-state index contributed by atoms with van der Waals surface area (Å²) in [7, 11) is 0.102. The maximum absolute atomic E-state index is 12.1. The summed E-state index contributed by atoms with van der Waals surface area (Å²) < 4.78 is 32.1. The van der Waals surface area contributed by atoms with E-state index in [1.54, 1.807) is 14.2 Å². The fourth-order valence-corrected chi connectivity index (χ4v) is 4.56. The minimum absolute atomic E-state index is 0. The zero-order chi connectivity index (χ0) is 22.9. The number of rotatable bonds is 10. The largest absolute Gasteiger partial charge is 0.496 e. The minimum Gasteiger partial charge on any atom is -0.496 e. The molecule has 32 heavy (non-hydrogen) atoms. The standard InChI is InChI=1S/C23H34N4O3S.HI/c1-17(2)27-31(28,29)16-21-10-8-20(9-11-21)15-26-23(24-4)25-13-12-19-7-6-18(3)22(14-19)30-5;/h6-11,14,17,27H,12-13,15-16H2,1-5H3,(H2,24,25,26);1H. The van der Waals surface area contributed by atoms with Crippen LogP contribution in [-0.2, 0) is 28.7 Å². The van der Waals surface area contributed by atoms with Crippen LogP contribution in [0.5, 0.6) is 5.75 Å². The molecule has 2 aromatic carbocycles. The number of sulfonamides is 1. The van der Waals surface area contributed by atoms with Gasteiger partial charge in [-0.1, -0.05) is 36.4 Å². The topological polar surface area (TPSA) is 91.8 Å². The highest BCUT2D eigenvalue weighted by atomic mass is 127. The van der Waals surface area contributed by atoms with Gasteiger partial charge in [0.15, 0.2) is 5.96 Å². The molecule has 2 aromatic rings. The molecule has 7 nitrogen and oxygen atoms in total. The van der Waals surface area contributed by atoms with Crippen molar-refractivity contribution in [3.8, 4) is 5.75 Å². The van der Waals surface area contributed by atoms with Crippen LogP contribution in [-0.4, -0.2) is 41.1 Å². The van der Waals surface area contributed by atoms with Crippen LogP contribution in [0.2, 0.25) is 0 Å². The predicted molar refractivity (Wildman–Crippen MR) is 142 cm³/mol. The first-order valence-electron chi connectivity index (χ1n) is 10.4. The van der Waals surface area contributed by atoms with Gasteiger partial charge in [0, 0.05) is 26.2 Å². The molecule has 0 fully saturated rings. The molecule has 0 bridgehead atoms. The van der Waals surface area contributed by atoms with Gasteiger partial charge in [-0.3, -0.25) is 4.99 Å². The Balaban J connectivity index is 0.00000512. The summed E-state index contributed by atoms with van der Waals surface area (Å²) in [4.78, 5) is 4.26. The first-order valence-corrected chi connectivity index (χ1v) is 12.0. The van der Waals surface area contributed by atoms with Crippen LogP contribution in [0.15, 0.2) is 47.5 Å². The Labute approximate surface area is 209 Å². The maximum atomic E-state index is 12.1. The minimum atomic E-state index is -3.32. The van der Waals surface area contributed by atoms with E-state index < -0.39 is 10.0 Å². The van der Waals surface area contributed by atoms with E-state index in [0.717, 1.165) is 35.4 Å². The van der Waals surface area contributed by atoms with Crippen molar-refractivity contribution < 1.29 is 13.2 Å². The number of methoxy groups -OCH3 is 1. The van der Waals surface area contributed by atoms with Crippen molar-refractivity contribution in [2.24, 2.45) is 4.99 Å². The van der Waals surface area contributed by atoms with Crippen LogP contribution in [0.4, 0.5) is 0 Å². The van der Waals surface area contributed by atoms with E-state index in [1.807, 2.05) is 45.0 Å². The third-order valence-corrected chi connectivity index (χ3v) is 6.20. The Morgan fingerprint density at radius 2 is 1.66 bits per heavy atom. The molecule has 0 saturated carbocycles. The van der Waals surface area contributed by atoms with Crippen LogP contribution >= 0.6 is 24.0 Å². The lowest BCUT2D eigenvalue weighted by molar-refractivity contribution is 0.411. The summed E-state index contributed by atoms with van der Waals surface area (Å²) in [5.41, 5.74) is 4.12. The summed E-state index contributed by atoms with van der Waals surface area (Å²) >= 11 is 0. The van der Waals surface area contributed by atoms with Gasteiger partial charge in [-0.15, -0.1) is 24.0 Å².